The number of nitrogens with one attached hydrogen (secondary N) is 1. The number of halogens is 2. The number of amides is 1. The number of rotatable bonds is 3. The first kappa shape index (κ1) is 15.0. The molecule has 0 heterocycles. The van der Waals surface area contributed by atoms with Gasteiger partial charge in [-0.15, -0.1) is 0 Å². The van der Waals surface area contributed by atoms with E-state index in [4.69, 9.17) is 10.9 Å². The van der Waals surface area contributed by atoms with Gasteiger partial charge >= 0.3 is 0 Å². The Morgan fingerprint density at radius 2 is 1.90 bits per heavy atom. The van der Waals surface area contributed by atoms with E-state index in [2.05, 4.69) is 26.4 Å². The van der Waals surface area contributed by atoms with Crippen molar-refractivity contribution < 1.29 is 14.4 Å². The van der Waals surface area contributed by atoms with Crippen LogP contribution < -0.4 is 11.1 Å². The van der Waals surface area contributed by atoms with Gasteiger partial charge in [0.15, 0.2) is 5.84 Å². The average Bonchev–Trinajstić information content (AvgIpc) is 2.48. The molecule has 21 heavy (non-hydrogen) atoms. The number of amidine groups is 1. The molecule has 108 valence electrons. The van der Waals surface area contributed by atoms with Gasteiger partial charge in [-0.1, -0.05) is 21.1 Å². The van der Waals surface area contributed by atoms with Crippen LogP contribution in [0.5, 0.6) is 0 Å². The van der Waals surface area contributed by atoms with Crippen LogP contribution in [0.15, 0.2) is 52.1 Å². The first-order chi connectivity index (χ1) is 10.0. The highest BCUT2D eigenvalue weighted by Crippen LogP contribution is 2.18. The Labute approximate surface area is 128 Å². The van der Waals surface area contributed by atoms with Gasteiger partial charge in [0.2, 0.25) is 0 Å². The molecule has 0 aliphatic carbocycles. The maximum atomic E-state index is 13.2. The van der Waals surface area contributed by atoms with Crippen LogP contribution in [0.2, 0.25) is 0 Å². The van der Waals surface area contributed by atoms with E-state index in [0.717, 1.165) is 10.5 Å². The van der Waals surface area contributed by atoms with E-state index in [1.54, 1.807) is 24.3 Å². The van der Waals surface area contributed by atoms with Crippen LogP contribution in [-0.4, -0.2) is 17.0 Å². The highest BCUT2D eigenvalue weighted by molar-refractivity contribution is 9.10. The van der Waals surface area contributed by atoms with E-state index in [9.17, 15) is 9.18 Å². The predicted octanol–water partition coefficient (Wildman–Crippen LogP) is 2.94. The fourth-order valence-electron chi connectivity index (χ4n) is 1.69. The van der Waals surface area contributed by atoms with E-state index in [1.807, 2.05) is 0 Å². The van der Waals surface area contributed by atoms with Gasteiger partial charge in [-0.2, -0.15) is 0 Å². The van der Waals surface area contributed by atoms with Gasteiger partial charge in [-0.25, -0.2) is 4.39 Å². The number of carbonyl (C=O) groups excluding carboxylic acids is 1. The van der Waals surface area contributed by atoms with E-state index >= 15 is 0 Å². The van der Waals surface area contributed by atoms with E-state index < -0.39 is 5.82 Å². The van der Waals surface area contributed by atoms with Crippen LogP contribution in [-0.2, 0) is 0 Å². The Balaban J connectivity index is 2.31. The van der Waals surface area contributed by atoms with Crippen LogP contribution in [0.1, 0.15) is 15.9 Å². The number of nitrogens with zero attached hydrogens (tertiary/aromatic N) is 1. The lowest BCUT2D eigenvalue weighted by atomic mass is 10.1. The molecule has 4 N–H and O–H groups in total. The summed E-state index contributed by atoms with van der Waals surface area (Å²) in [5.74, 6) is -1.24. The Hall–Kier alpha value is -2.41. The highest BCUT2D eigenvalue weighted by Gasteiger charge is 2.12. The minimum absolute atomic E-state index is 0.1000. The molecule has 2 rings (SSSR count). The number of oxime groups is 1. The summed E-state index contributed by atoms with van der Waals surface area (Å²) in [7, 11) is 0. The second kappa shape index (κ2) is 6.36. The molecule has 0 unspecified atom stereocenters. The minimum atomic E-state index is -0.557. The maximum absolute atomic E-state index is 13.2. The van der Waals surface area contributed by atoms with Crippen molar-refractivity contribution in [1.29, 1.82) is 0 Å². The Kier molecular flexibility index (Phi) is 4.54. The van der Waals surface area contributed by atoms with Crippen molar-refractivity contribution in [3.63, 3.8) is 0 Å². The Morgan fingerprint density at radius 3 is 2.52 bits per heavy atom. The molecular weight excluding hydrogens is 341 g/mol. The van der Waals surface area contributed by atoms with E-state index in [0.29, 0.717) is 5.56 Å². The lowest BCUT2D eigenvalue weighted by Gasteiger charge is -2.10. The molecule has 0 atom stereocenters. The van der Waals surface area contributed by atoms with Crippen molar-refractivity contribution in [2.45, 2.75) is 0 Å². The van der Waals surface area contributed by atoms with Crippen LogP contribution in [0.4, 0.5) is 10.1 Å². The number of carbonyl (C=O) groups is 1. The fourth-order valence-corrected chi connectivity index (χ4v) is 1.95. The van der Waals surface area contributed by atoms with Crippen molar-refractivity contribution in [3.05, 3.63) is 63.9 Å². The number of hydrogen-bond donors (Lipinski definition) is 3. The summed E-state index contributed by atoms with van der Waals surface area (Å²) in [6.45, 7) is 0. The van der Waals surface area contributed by atoms with Crippen LogP contribution >= 0.6 is 15.9 Å². The molecule has 0 bridgehead atoms. The van der Waals surface area contributed by atoms with Crippen molar-refractivity contribution >= 4 is 33.4 Å². The summed E-state index contributed by atoms with van der Waals surface area (Å²) in [6, 6.07) is 10.3. The quantitative estimate of drug-likeness (QED) is 0.344. The minimum Gasteiger partial charge on any atom is -0.409 e. The van der Waals surface area contributed by atoms with Gasteiger partial charge in [0, 0.05) is 15.6 Å². The highest BCUT2D eigenvalue weighted by atomic mass is 79.9. The summed E-state index contributed by atoms with van der Waals surface area (Å²) < 4.78 is 14.1. The van der Waals surface area contributed by atoms with Crippen LogP contribution in [0, 0.1) is 5.82 Å². The van der Waals surface area contributed by atoms with Crippen molar-refractivity contribution in [2.75, 3.05) is 5.32 Å². The molecule has 0 fully saturated rings. The van der Waals surface area contributed by atoms with Gasteiger partial charge in [0.05, 0.1) is 5.69 Å². The lowest BCUT2D eigenvalue weighted by molar-refractivity contribution is 0.102. The molecule has 0 aliphatic heterocycles. The molecule has 0 aliphatic rings. The van der Waals surface area contributed by atoms with Gasteiger partial charge < -0.3 is 16.3 Å². The molecule has 0 aromatic heterocycles. The monoisotopic (exact) mass is 351 g/mol. The van der Waals surface area contributed by atoms with Gasteiger partial charge in [-0.05, 0) is 42.5 Å². The van der Waals surface area contributed by atoms with Gasteiger partial charge in [0.25, 0.3) is 5.91 Å². The van der Waals surface area contributed by atoms with Crippen molar-refractivity contribution in [3.8, 4) is 0 Å². The maximum Gasteiger partial charge on any atom is 0.255 e. The molecule has 7 heteroatoms. The third-order valence-electron chi connectivity index (χ3n) is 2.72. The molecule has 0 saturated heterocycles. The second-order valence-electron chi connectivity index (χ2n) is 4.14. The van der Waals surface area contributed by atoms with Crippen LogP contribution in [0.25, 0.3) is 0 Å². The zero-order valence-electron chi connectivity index (χ0n) is 10.7. The Bertz CT molecular complexity index is 702. The molecular formula is C14H11BrFN3O2. The number of nitrogens with two attached hydrogens (primary N) is 1. The predicted molar refractivity (Wildman–Crippen MR) is 81.0 cm³/mol. The summed E-state index contributed by atoms with van der Waals surface area (Å²) in [6.07, 6.45) is 0. The molecule has 2 aromatic rings. The van der Waals surface area contributed by atoms with Crippen molar-refractivity contribution in [2.24, 2.45) is 10.9 Å². The third kappa shape index (κ3) is 3.57. The number of anilines is 1. The number of hydrogen-bond acceptors (Lipinski definition) is 3. The molecule has 0 saturated carbocycles. The number of benzene rings is 2. The zero-order valence-corrected chi connectivity index (χ0v) is 12.3. The summed E-state index contributed by atoms with van der Waals surface area (Å²) in [4.78, 5) is 12.1. The van der Waals surface area contributed by atoms with Gasteiger partial charge in [-0.3, -0.25) is 4.79 Å². The van der Waals surface area contributed by atoms with Gasteiger partial charge in [0.1, 0.15) is 5.82 Å². The summed E-state index contributed by atoms with van der Waals surface area (Å²) in [5.41, 5.74) is 6.25. The van der Waals surface area contributed by atoms with E-state index in [-0.39, 0.29) is 23.0 Å². The van der Waals surface area contributed by atoms with Crippen molar-refractivity contribution in [1.82, 2.24) is 0 Å². The Morgan fingerprint density at radius 1 is 1.24 bits per heavy atom. The first-order valence-electron chi connectivity index (χ1n) is 5.85. The zero-order chi connectivity index (χ0) is 15.4. The standard InChI is InChI=1S/C14H11BrFN3O2/c15-9-3-1-8(2-4-9)14(20)18-12-6-5-10(16)7-11(12)13(17)19-21/h1-7,21H,(H2,17,19)(H,18,20). The summed E-state index contributed by atoms with van der Waals surface area (Å²) in [5, 5.41) is 14.1. The molecule has 1 amide bonds. The first-order valence-corrected chi connectivity index (χ1v) is 6.65. The molecule has 0 spiro atoms. The normalized spacial score (nSPS) is 11.2. The smallest absolute Gasteiger partial charge is 0.255 e. The summed E-state index contributed by atoms with van der Waals surface area (Å²) >= 11 is 3.28. The lowest BCUT2D eigenvalue weighted by Crippen LogP contribution is -2.19. The van der Waals surface area contributed by atoms with Crippen LogP contribution in [0.3, 0.4) is 0 Å². The molecule has 0 radical (unpaired) electrons. The SMILES string of the molecule is N/C(=N/O)c1cc(F)ccc1NC(=O)c1ccc(Br)cc1. The largest absolute Gasteiger partial charge is 0.409 e. The molecule has 5 nitrogen and oxygen atoms in total. The van der Waals surface area contributed by atoms with E-state index in [1.165, 1.54) is 12.1 Å². The molecule has 2 aromatic carbocycles. The topological polar surface area (TPSA) is 87.7 Å². The second-order valence-corrected chi connectivity index (χ2v) is 5.05. The third-order valence-corrected chi connectivity index (χ3v) is 3.25. The fraction of sp³-hybridized carbons (Fsp3) is 0. The average molecular weight is 352 g/mol.